The molecular formula is C55H36F3N. The molecule has 0 unspecified atom stereocenters. The summed E-state index contributed by atoms with van der Waals surface area (Å²) < 4.78 is 41.5. The highest BCUT2D eigenvalue weighted by atomic mass is 19.4. The van der Waals surface area contributed by atoms with Crippen LogP contribution in [-0.2, 0) is 6.18 Å². The van der Waals surface area contributed by atoms with Gasteiger partial charge < -0.3 is 4.90 Å². The van der Waals surface area contributed by atoms with E-state index in [-0.39, 0.29) is 0 Å². The van der Waals surface area contributed by atoms with E-state index < -0.39 is 11.7 Å². The summed E-state index contributed by atoms with van der Waals surface area (Å²) in [6.45, 7) is 0. The Morgan fingerprint density at radius 1 is 0.305 bits per heavy atom. The number of alkyl halides is 3. The fraction of sp³-hybridized carbons (Fsp3) is 0.0182. The van der Waals surface area contributed by atoms with Crippen molar-refractivity contribution >= 4 is 49.4 Å². The smallest absolute Gasteiger partial charge is 0.310 e. The fourth-order valence-electron chi connectivity index (χ4n) is 8.56. The van der Waals surface area contributed by atoms with Crippen LogP contribution in [-0.4, -0.2) is 0 Å². The molecule has 1 nitrogen and oxygen atoms in total. The summed E-state index contributed by atoms with van der Waals surface area (Å²) in [6, 6.07) is 73.0. The van der Waals surface area contributed by atoms with Crippen LogP contribution in [0.2, 0.25) is 0 Å². The maximum atomic E-state index is 13.8. The monoisotopic (exact) mass is 767 g/mol. The topological polar surface area (TPSA) is 3.24 Å². The highest BCUT2D eigenvalue weighted by Crippen LogP contribution is 2.50. The van der Waals surface area contributed by atoms with E-state index in [0.29, 0.717) is 5.69 Å². The van der Waals surface area contributed by atoms with Gasteiger partial charge in [-0.1, -0.05) is 164 Å². The lowest BCUT2D eigenvalue weighted by Gasteiger charge is -2.27. The molecule has 10 aromatic carbocycles. The first-order chi connectivity index (χ1) is 28.9. The number of rotatable bonds is 7. The first kappa shape index (κ1) is 35.9. The van der Waals surface area contributed by atoms with Gasteiger partial charge in [-0.2, -0.15) is 13.2 Å². The zero-order valence-electron chi connectivity index (χ0n) is 31.9. The molecule has 0 saturated heterocycles. The minimum atomic E-state index is -4.45. The molecule has 0 bridgehead atoms. The van der Waals surface area contributed by atoms with E-state index in [1.165, 1.54) is 5.39 Å². The quantitative estimate of drug-likeness (QED) is 0.146. The van der Waals surface area contributed by atoms with E-state index in [2.05, 4.69) is 152 Å². The van der Waals surface area contributed by atoms with Crippen LogP contribution in [0, 0.1) is 0 Å². The average molecular weight is 768 g/mol. The molecule has 10 rings (SSSR count). The Kier molecular flexibility index (Phi) is 9.03. The van der Waals surface area contributed by atoms with Crippen LogP contribution in [0.25, 0.3) is 76.8 Å². The molecule has 0 amide bonds. The van der Waals surface area contributed by atoms with Gasteiger partial charge in [0.05, 0.1) is 5.56 Å². The number of benzene rings is 10. The third-order valence-electron chi connectivity index (χ3n) is 11.3. The SMILES string of the molecule is FC(F)(F)c1ccc(N(c2ccc(-c3ccccc3)cc2)c2ccc3c(c2)c2ccccc2c2c(-c4ccccc4)cc(-c4ccccc4)c(-c4ccccc4)c32)cc1. The summed E-state index contributed by atoms with van der Waals surface area (Å²) >= 11 is 0. The molecule has 4 heteroatoms. The van der Waals surface area contributed by atoms with Crippen molar-refractivity contribution in [2.24, 2.45) is 0 Å². The van der Waals surface area contributed by atoms with Crippen LogP contribution in [0.15, 0.2) is 218 Å². The molecule has 0 fully saturated rings. The van der Waals surface area contributed by atoms with Crippen molar-refractivity contribution in [2.75, 3.05) is 4.90 Å². The lowest BCUT2D eigenvalue weighted by molar-refractivity contribution is -0.137. The second-order valence-corrected chi connectivity index (χ2v) is 14.8. The maximum Gasteiger partial charge on any atom is 0.416 e. The Hall–Kier alpha value is -7.43. The molecule has 0 radical (unpaired) electrons. The van der Waals surface area contributed by atoms with Crippen LogP contribution in [0.1, 0.15) is 5.56 Å². The van der Waals surface area contributed by atoms with Gasteiger partial charge in [0.15, 0.2) is 0 Å². The number of fused-ring (bicyclic) bond motifs is 6. The second-order valence-electron chi connectivity index (χ2n) is 14.8. The predicted octanol–water partition coefficient (Wildman–Crippen LogP) is 16.3. The van der Waals surface area contributed by atoms with E-state index in [1.54, 1.807) is 12.1 Å². The number of anilines is 3. The van der Waals surface area contributed by atoms with E-state index in [9.17, 15) is 13.2 Å². The van der Waals surface area contributed by atoms with E-state index >= 15 is 0 Å². The Morgan fingerprint density at radius 2 is 0.746 bits per heavy atom. The molecule has 0 heterocycles. The van der Waals surface area contributed by atoms with E-state index in [0.717, 1.165) is 94.9 Å². The molecule has 282 valence electrons. The van der Waals surface area contributed by atoms with Crippen molar-refractivity contribution in [2.45, 2.75) is 6.18 Å². The molecule has 0 saturated carbocycles. The summed E-state index contributed by atoms with van der Waals surface area (Å²) in [5.74, 6) is 0. The predicted molar refractivity (Wildman–Crippen MR) is 240 cm³/mol. The summed E-state index contributed by atoms with van der Waals surface area (Å²) in [5, 5.41) is 6.66. The number of hydrogen-bond donors (Lipinski definition) is 0. The molecule has 0 N–H and O–H groups in total. The highest BCUT2D eigenvalue weighted by Gasteiger charge is 2.30. The third-order valence-corrected chi connectivity index (χ3v) is 11.3. The third kappa shape index (κ3) is 6.59. The number of halogens is 3. The van der Waals surface area contributed by atoms with Crippen molar-refractivity contribution in [1.29, 1.82) is 0 Å². The standard InChI is InChI=1S/C55H36F3N/c56-55(57,58)42-27-31-44(32-28-42)59(43-29-25-38(26-30-43)37-15-5-1-6-16-37)45-33-34-48-51(35-45)46-23-13-14-24-47(46)53-50(40-19-9-3-10-20-40)36-49(39-17-7-2-8-18-39)52(54(48)53)41-21-11-4-12-22-41/h1-36H. The van der Waals surface area contributed by atoms with Crippen molar-refractivity contribution in [3.05, 3.63) is 224 Å². The van der Waals surface area contributed by atoms with Gasteiger partial charge in [0, 0.05) is 17.1 Å². The van der Waals surface area contributed by atoms with Crippen molar-refractivity contribution in [1.82, 2.24) is 0 Å². The molecule has 0 aliphatic rings. The van der Waals surface area contributed by atoms with Gasteiger partial charge in [0.1, 0.15) is 0 Å². The van der Waals surface area contributed by atoms with Gasteiger partial charge in [0.25, 0.3) is 0 Å². The molecule has 0 atom stereocenters. The normalized spacial score (nSPS) is 11.6. The average Bonchev–Trinajstić information content (AvgIpc) is 3.30. The minimum Gasteiger partial charge on any atom is -0.310 e. The molecule has 59 heavy (non-hydrogen) atoms. The fourth-order valence-corrected chi connectivity index (χ4v) is 8.56. The zero-order valence-corrected chi connectivity index (χ0v) is 31.9. The Balaban J connectivity index is 1.29. The molecule has 0 aliphatic carbocycles. The Morgan fingerprint density at radius 3 is 1.32 bits per heavy atom. The second kappa shape index (κ2) is 14.8. The summed E-state index contributed by atoms with van der Waals surface area (Å²) in [6.07, 6.45) is -4.45. The largest absolute Gasteiger partial charge is 0.416 e. The van der Waals surface area contributed by atoms with Gasteiger partial charge in [-0.3, -0.25) is 0 Å². The van der Waals surface area contributed by atoms with Crippen LogP contribution >= 0.6 is 0 Å². The maximum absolute atomic E-state index is 13.8. The molecule has 0 aromatic heterocycles. The number of hydrogen-bond acceptors (Lipinski definition) is 1. The lowest BCUT2D eigenvalue weighted by Crippen LogP contribution is -2.11. The Bertz CT molecular complexity index is 3090. The first-order valence-electron chi connectivity index (χ1n) is 19.7. The van der Waals surface area contributed by atoms with Gasteiger partial charge in [-0.25, -0.2) is 0 Å². The van der Waals surface area contributed by atoms with Gasteiger partial charge in [-0.15, -0.1) is 0 Å². The van der Waals surface area contributed by atoms with Crippen molar-refractivity contribution in [3.8, 4) is 44.5 Å². The zero-order chi connectivity index (χ0) is 39.9. The van der Waals surface area contributed by atoms with Crippen molar-refractivity contribution in [3.63, 3.8) is 0 Å². The molecule has 0 spiro atoms. The lowest BCUT2D eigenvalue weighted by atomic mass is 9.81. The molecule has 0 aliphatic heterocycles. The van der Waals surface area contributed by atoms with E-state index in [4.69, 9.17) is 0 Å². The summed E-state index contributed by atoms with van der Waals surface area (Å²) in [7, 11) is 0. The molecular weight excluding hydrogens is 732 g/mol. The van der Waals surface area contributed by atoms with Crippen LogP contribution in [0.5, 0.6) is 0 Å². The van der Waals surface area contributed by atoms with Gasteiger partial charge >= 0.3 is 6.18 Å². The van der Waals surface area contributed by atoms with Crippen LogP contribution in [0.3, 0.4) is 0 Å². The first-order valence-corrected chi connectivity index (χ1v) is 19.7. The summed E-state index contributed by atoms with van der Waals surface area (Å²) in [4.78, 5) is 2.04. The van der Waals surface area contributed by atoms with Gasteiger partial charge in [0.2, 0.25) is 0 Å². The van der Waals surface area contributed by atoms with Crippen LogP contribution in [0.4, 0.5) is 30.2 Å². The number of nitrogens with zero attached hydrogens (tertiary/aromatic N) is 1. The molecule has 10 aromatic rings. The Labute approximate surface area is 340 Å². The van der Waals surface area contributed by atoms with Gasteiger partial charge in [-0.05, 0) is 131 Å². The van der Waals surface area contributed by atoms with E-state index in [1.807, 2.05) is 47.4 Å². The van der Waals surface area contributed by atoms with Crippen molar-refractivity contribution < 1.29 is 13.2 Å². The minimum absolute atomic E-state index is 0.623. The summed E-state index contributed by atoms with van der Waals surface area (Å²) in [5.41, 5.74) is 10.5. The highest BCUT2D eigenvalue weighted by molar-refractivity contribution is 6.33. The van der Waals surface area contributed by atoms with Crippen LogP contribution < -0.4 is 4.90 Å².